The minimum Gasteiger partial charge on any atom is -0.382 e. The van der Waals surface area contributed by atoms with Crippen molar-refractivity contribution in [3.05, 3.63) is 24.3 Å². The fraction of sp³-hybridized carbons (Fsp3) is 0.455. The summed E-state index contributed by atoms with van der Waals surface area (Å²) in [5.41, 5.74) is 2.37. The molecule has 1 aliphatic rings. The van der Waals surface area contributed by atoms with Gasteiger partial charge >= 0.3 is 0 Å². The lowest BCUT2D eigenvalue weighted by atomic mass is 10.2. The first-order valence-corrected chi connectivity index (χ1v) is 4.88. The smallest absolute Gasteiger partial charge is 0.0981 e. The number of nitrogens with zero attached hydrogens (tertiary/aromatic N) is 1. The molecule has 0 amide bonds. The maximum atomic E-state index is 5.13. The van der Waals surface area contributed by atoms with E-state index in [1.54, 1.807) is 0 Å². The summed E-state index contributed by atoms with van der Waals surface area (Å²) in [6, 6.07) is 8.38. The van der Waals surface area contributed by atoms with Crippen molar-refractivity contribution in [3.63, 3.8) is 0 Å². The maximum Gasteiger partial charge on any atom is 0.0981 e. The van der Waals surface area contributed by atoms with E-state index in [1.165, 1.54) is 5.69 Å². The molecule has 14 heavy (non-hydrogen) atoms. The van der Waals surface area contributed by atoms with Gasteiger partial charge in [-0.05, 0) is 18.2 Å². The lowest BCUT2D eigenvalue weighted by molar-refractivity contribution is 0.417. The van der Waals surface area contributed by atoms with Gasteiger partial charge in [-0.25, -0.2) is 0 Å². The summed E-state index contributed by atoms with van der Waals surface area (Å²) in [7, 11) is 4.09. The van der Waals surface area contributed by atoms with Crippen LogP contribution >= 0.6 is 0 Å². The van der Waals surface area contributed by atoms with Crippen molar-refractivity contribution in [2.45, 2.75) is 6.10 Å². The number of anilines is 2. The van der Waals surface area contributed by atoms with Gasteiger partial charge in [0.1, 0.15) is 0 Å². The molecule has 0 saturated carbocycles. The third-order valence-electron chi connectivity index (χ3n) is 2.30. The van der Waals surface area contributed by atoms with Gasteiger partial charge in [-0.15, -0.1) is 0 Å². The third-order valence-corrected chi connectivity index (χ3v) is 2.30. The Morgan fingerprint density at radius 3 is 2.93 bits per heavy atom. The van der Waals surface area contributed by atoms with Crippen molar-refractivity contribution in [1.82, 2.24) is 0 Å². The molecule has 1 heterocycles. The maximum absolute atomic E-state index is 5.13. The van der Waals surface area contributed by atoms with Gasteiger partial charge in [0.25, 0.3) is 0 Å². The molecule has 0 radical (unpaired) electrons. The average molecular weight is 192 g/mol. The molecule has 0 bridgehead atoms. The van der Waals surface area contributed by atoms with Crippen LogP contribution in [0.15, 0.2) is 24.3 Å². The zero-order valence-corrected chi connectivity index (χ0v) is 8.66. The van der Waals surface area contributed by atoms with Crippen LogP contribution in [0.2, 0.25) is 0 Å². The van der Waals surface area contributed by atoms with Gasteiger partial charge in [-0.3, -0.25) is 0 Å². The molecule has 1 N–H and O–H groups in total. The molecule has 76 valence electrons. The van der Waals surface area contributed by atoms with E-state index < -0.39 is 0 Å². The lowest BCUT2D eigenvalue weighted by Crippen LogP contribution is -2.10. The molecule has 3 heteroatoms. The number of hydrogen-bond donors (Lipinski definition) is 1. The molecule has 1 atom stereocenters. The van der Waals surface area contributed by atoms with Crippen molar-refractivity contribution in [1.29, 1.82) is 0 Å². The van der Waals surface area contributed by atoms with E-state index in [4.69, 9.17) is 4.74 Å². The van der Waals surface area contributed by atoms with Gasteiger partial charge < -0.3 is 15.0 Å². The summed E-state index contributed by atoms with van der Waals surface area (Å²) in [6.07, 6.45) is 0.429. The van der Waals surface area contributed by atoms with Crippen molar-refractivity contribution in [3.8, 4) is 0 Å². The van der Waals surface area contributed by atoms with Crippen LogP contribution < -0.4 is 10.2 Å². The molecule has 0 aliphatic carbocycles. The summed E-state index contributed by atoms with van der Waals surface area (Å²) >= 11 is 0. The molecule has 1 aromatic rings. The topological polar surface area (TPSA) is 27.8 Å². The van der Waals surface area contributed by atoms with Crippen LogP contribution in [0.1, 0.15) is 0 Å². The van der Waals surface area contributed by atoms with Crippen molar-refractivity contribution in [2.24, 2.45) is 0 Å². The minimum atomic E-state index is 0.429. The average Bonchev–Trinajstić information content (AvgIpc) is 2.99. The predicted octanol–water partition coefficient (Wildman–Crippen LogP) is 1.56. The van der Waals surface area contributed by atoms with E-state index in [2.05, 4.69) is 34.5 Å². The van der Waals surface area contributed by atoms with Gasteiger partial charge in [0.05, 0.1) is 12.7 Å². The molecule has 1 aromatic carbocycles. The highest BCUT2D eigenvalue weighted by atomic mass is 16.6. The molecular formula is C11H16N2O. The van der Waals surface area contributed by atoms with Crippen LogP contribution in [0.5, 0.6) is 0 Å². The number of ether oxygens (including phenoxy) is 1. The Balaban J connectivity index is 1.97. The number of benzene rings is 1. The Morgan fingerprint density at radius 2 is 2.29 bits per heavy atom. The van der Waals surface area contributed by atoms with E-state index >= 15 is 0 Å². The Kier molecular flexibility index (Phi) is 2.59. The lowest BCUT2D eigenvalue weighted by Gasteiger charge is -2.14. The van der Waals surface area contributed by atoms with E-state index in [0.717, 1.165) is 18.8 Å². The SMILES string of the molecule is CN(C)c1cccc(NCC2CO2)c1. The van der Waals surface area contributed by atoms with Crippen molar-refractivity contribution in [2.75, 3.05) is 37.5 Å². The fourth-order valence-electron chi connectivity index (χ4n) is 1.31. The van der Waals surface area contributed by atoms with Gasteiger partial charge in [0.15, 0.2) is 0 Å². The fourth-order valence-corrected chi connectivity index (χ4v) is 1.31. The largest absolute Gasteiger partial charge is 0.382 e. The molecule has 0 aromatic heterocycles. The monoisotopic (exact) mass is 192 g/mol. The molecule has 1 unspecified atom stereocenters. The highest BCUT2D eigenvalue weighted by molar-refractivity contribution is 5.57. The van der Waals surface area contributed by atoms with E-state index in [1.807, 2.05) is 14.1 Å². The second kappa shape index (κ2) is 3.88. The van der Waals surface area contributed by atoms with E-state index in [0.29, 0.717) is 6.10 Å². The zero-order chi connectivity index (χ0) is 9.97. The van der Waals surface area contributed by atoms with Crippen LogP contribution in [0.25, 0.3) is 0 Å². The predicted molar refractivity (Wildman–Crippen MR) is 59.0 cm³/mol. The van der Waals surface area contributed by atoms with Gasteiger partial charge in [0, 0.05) is 32.0 Å². The Bertz CT molecular complexity index is 308. The molecule has 0 spiro atoms. The standard InChI is InChI=1S/C11H16N2O/c1-13(2)10-5-3-4-9(6-10)12-7-11-8-14-11/h3-6,11-12H,7-8H2,1-2H3. The zero-order valence-electron chi connectivity index (χ0n) is 8.66. The van der Waals surface area contributed by atoms with E-state index in [-0.39, 0.29) is 0 Å². The summed E-state index contributed by atoms with van der Waals surface area (Å²) in [6.45, 7) is 1.82. The molecule has 1 saturated heterocycles. The third kappa shape index (κ3) is 2.39. The highest BCUT2D eigenvalue weighted by Gasteiger charge is 2.21. The van der Waals surface area contributed by atoms with Crippen LogP contribution in [0, 0.1) is 0 Å². The Hall–Kier alpha value is -1.22. The quantitative estimate of drug-likeness (QED) is 0.734. The summed E-state index contributed by atoms with van der Waals surface area (Å²) in [4.78, 5) is 2.10. The van der Waals surface area contributed by atoms with Crippen LogP contribution in [0.3, 0.4) is 0 Å². The summed E-state index contributed by atoms with van der Waals surface area (Å²) < 4.78 is 5.13. The van der Waals surface area contributed by atoms with Crippen LogP contribution in [-0.2, 0) is 4.74 Å². The molecule has 2 rings (SSSR count). The number of epoxide rings is 1. The molecular weight excluding hydrogens is 176 g/mol. The molecule has 3 nitrogen and oxygen atoms in total. The first-order chi connectivity index (χ1) is 6.75. The van der Waals surface area contributed by atoms with Crippen LogP contribution in [-0.4, -0.2) is 33.4 Å². The second-order valence-corrected chi connectivity index (χ2v) is 3.78. The van der Waals surface area contributed by atoms with E-state index in [9.17, 15) is 0 Å². The van der Waals surface area contributed by atoms with Crippen molar-refractivity contribution >= 4 is 11.4 Å². The Labute approximate surface area is 84.7 Å². The highest BCUT2D eigenvalue weighted by Crippen LogP contribution is 2.18. The molecule has 1 aliphatic heterocycles. The number of hydrogen-bond acceptors (Lipinski definition) is 3. The normalized spacial score (nSPS) is 19.1. The minimum absolute atomic E-state index is 0.429. The van der Waals surface area contributed by atoms with Gasteiger partial charge in [0.2, 0.25) is 0 Å². The molecule has 1 fully saturated rings. The van der Waals surface area contributed by atoms with Crippen molar-refractivity contribution < 1.29 is 4.74 Å². The number of rotatable bonds is 4. The first kappa shape index (κ1) is 9.34. The van der Waals surface area contributed by atoms with Gasteiger partial charge in [-0.2, -0.15) is 0 Å². The van der Waals surface area contributed by atoms with Crippen LogP contribution in [0.4, 0.5) is 11.4 Å². The second-order valence-electron chi connectivity index (χ2n) is 3.78. The Morgan fingerprint density at radius 1 is 1.50 bits per heavy atom. The number of nitrogens with one attached hydrogen (secondary N) is 1. The summed E-state index contributed by atoms with van der Waals surface area (Å²) in [5.74, 6) is 0. The van der Waals surface area contributed by atoms with Gasteiger partial charge in [-0.1, -0.05) is 6.07 Å². The first-order valence-electron chi connectivity index (χ1n) is 4.88. The summed E-state index contributed by atoms with van der Waals surface area (Å²) in [5, 5.41) is 3.35.